The molecular weight excluding hydrogens is 360 g/mol. The molecule has 7 heteroatoms. The number of methoxy groups -OCH3 is 3. The van der Waals surface area contributed by atoms with E-state index >= 15 is 0 Å². The summed E-state index contributed by atoms with van der Waals surface area (Å²) in [6, 6.07) is 8.70. The van der Waals surface area contributed by atoms with Crippen LogP contribution >= 0.6 is 0 Å². The Morgan fingerprint density at radius 2 is 1.57 bits per heavy atom. The van der Waals surface area contributed by atoms with E-state index in [2.05, 4.69) is 10.3 Å². The van der Waals surface area contributed by atoms with Crippen molar-refractivity contribution >= 4 is 22.5 Å². The van der Waals surface area contributed by atoms with Crippen molar-refractivity contribution in [1.82, 2.24) is 4.98 Å². The van der Waals surface area contributed by atoms with Crippen molar-refractivity contribution in [3.8, 4) is 17.2 Å². The van der Waals surface area contributed by atoms with Gasteiger partial charge in [-0.3, -0.25) is 9.59 Å². The third-order valence-electron chi connectivity index (χ3n) is 4.46. The lowest BCUT2D eigenvalue weighted by Gasteiger charge is -2.14. The average Bonchev–Trinajstić information content (AvgIpc) is 2.67. The number of carbonyl (C=O) groups excluding carboxylic acids is 1. The first-order valence-corrected chi connectivity index (χ1v) is 8.63. The summed E-state index contributed by atoms with van der Waals surface area (Å²) in [6.07, 6.45) is 0. The maximum Gasteiger partial charge on any atom is 0.261 e. The fraction of sp³-hybridized carbons (Fsp3) is 0.238. The van der Waals surface area contributed by atoms with Crippen molar-refractivity contribution in [2.24, 2.45) is 0 Å². The van der Waals surface area contributed by atoms with Crippen LogP contribution in [0.3, 0.4) is 0 Å². The summed E-state index contributed by atoms with van der Waals surface area (Å²) >= 11 is 0. The standard InChI is InChI=1S/C21H22N2O5/c1-11-6-12(2)18-13(7-11)8-15(21(25)23-18)20(24)22-14-9-16(26-3)19(28-5)17(10-14)27-4/h6-10H,1-5H3,(H,22,24)(H,23,25). The normalized spacial score (nSPS) is 10.6. The molecule has 3 rings (SSSR count). The molecule has 0 fully saturated rings. The lowest BCUT2D eigenvalue weighted by atomic mass is 10.1. The molecule has 0 bridgehead atoms. The molecule has 0 aliphatic carbocycles. The number of anilines is 1. The van der Waals surface area contributed by atoms with E-state index in [4.69, 9.17) is 14.2 Å². The number of aryl methyl sites for hydroxylation is 2. The van der Waals surface area contributed by atoms with E-state index in [-0.39, 0.29) is 5.56 Å². The molecule has 0 atom stereocenters. The van der Waals surface area contributed by atoms with Gasteiger partial charge in [-0.05, 0) is 36.9 Å². The highest BCUT2D eigenvalue weighted by atomic mass is 16.5. The van der Waals surface area contributed by atoms with E-state index in [1.165, 1.54) is 21.3 Å². The van der Waals surface area contributed by atoms with Crippen LogP contribution in [0.25, 0.3) is 10.9 Å². The van der Waals surface area contributed by atoms with E-state index in [0.717, 1.165) is 22.0 Å². The van der Waals surface area contributed by atoms with E-state index in [1.54, 1.807) is 18.2 Å². The zero-order valence-corrected chi connectivity index (χ0v) is 16.4. The number of rotatable bonds is 5. The van der Waals surface area contributed by atoms with Gasteiger partial charge in [-0.1, -0.05) is 11.6 Å². The summed E-state index contributed by atoms with van der Waals surface area (Å²) in [5.41, 5.74) is 2.70. The van der Waals surface area contributed by atoms with Gasteiger partial charge in [0.2, 0.25) is 5.75 Å². The molecule has 0 aliphatic rings. The number of H-pyrrole nitrogens is 1. The van der Waals surface area contributed by atoms with Gasteiger partial charge in [0.25, 0.3) is 11.5 Å². The largest absolute Gasteiger partial charge is 0.493 e. The summed E-state index contributed by atoms with van der Waals surface area (Å²) < 4.78 is 15.9. The van der Waals surface area contributed by atoms with Gasteiger partial charge in [0.1, 0.15) is 5.56 Å². The van der Waals surface area contributed by atoms with Gasteiger partial charge in [0.05, 0.1) is 26.8 Å². The Kier molecular flexibility index (Phi) is 5.26. The first kappa shape index (κ1) is 19.3. The van der Waals surface area contributed by atoms with Gasteiger partial charge in [-0.15, -0.1) is 0 Å². The van der Waals surface area contributed by atoms with E-state index < -0.39 is 11.5 Å². The Labute approximate surface area is 162 Å². The van der Waals surface area contributed by atoms with Crippen LogP contribution in [0.4, 0.5) is 5.69 Å². The Morgan fingerprint density at radius 3 is 2.14 bits per heavy atom. The van der Waals surface area contributed by atoms with E-state index in [1.807, 2.05) is 26.0 Å². The second kappa shape index (κ2) is 7.64. The van der Waals surface area contributed by atoms with E-state index in [9.17, 15) is 9.59 Å². The molecule has 0 saturated carbocycles. The monoisotopic (exact) mass is 382 g/mol. The number of aromatic nitrogens is 1. The molecule has 1 aromatic heterocycles. The van der Waals surface area contributed by atoms with Gasteiger partial charge < -0.3 is 24.5 Å². The molecule has 2 aromatic carbocycles. The van der Waals surface area contributed by atoms with Crippen LogP contribution < -0.4 is 25.1 Å². The number of ether oxygens (including phenoxy) is 3. The number of benzene rings is 2. The first-order valence-electron chi connectivity index (χ1n) is 8.63. The number of fused-ring (bicyclic) bond motifs is 1. The number of aromatic amines is 1. The summed E-state index contributed by atoms with van der Waals surface area (Å²) in [5, 5.41) is 3.52. The third kappa shape index (κ3) is 3.51. The van der Waals surface area contributed by atoms with Crippen LogP contribution in [-0.2, 0) is 0 Å². The molecular formula is C21H22N2O5. The van der Waals surface area contributed by atoms with Crippen molar-refractivity contribution in [2.75, 3.05) is 26.6 Å². The van der Waals surface area contributed by atoms with Gasteiger partial charge in [0.15, 0.2) is 11.5 Å². The molecule has 0 aliphatic heterocycles. The zero-order valence-electron chi connectivity index (χ0n) is 16.4. The number of pyridine rings is 1. The number of hydrogen-bond donors (Lipinski definition) is 2. The lowest BCUT2D eigenvalue weighted by Crippen LogP contribution is -2.23. The summed E-state index contributed by atoms with van der Waals surface area (Å²) in [7, 11) is 4.47. The third-order valence-corrected chi connectivity index (χ3v) is 4.46. The predicted molar refractivity (Wildman–Crippen MR) is 108 cm³/mol. The molecule has 28 heavy (non-hydrogen) atoms. The van der Waals surface area contributed by atoms with Crippen molar-refractivity contribution in [1.29, 1.82) is 0 Å². The number of nitrogens with one attached hydrogen (secondary N) is 2. The van der Waals surface area contributed by atoms with Crippen LogP contribution in [0, 0.1) is 13.8 Å². The minimum atomic E-state index is -0.531. The second-order valence-corrected chi connectivity index (χ2v) is 6.43. The van der Waals surface area contributed by atoms with Crippen LogP contribution in [0.15, 0.2) is 35.1 Å². The Balaban J connectivity index is 2.02. The van der Waals surface area contributed by atoms with Crippen molar-refractivity contribution in [3.63, 3.8) is 0 Å². The minimum absolute atomic E-state index is 0.0197. The molecule has 0 saturated heterocycles. The Bertz CT molecular complexity index is 1090. The van der Waals surface area contributed by atoms with Gasteiger partial charge in [-0.25, -0.2) is 0 Å². The highest BCUT2D eigenvalue weighted by molar-refractivity contribution is 6.06. The van der Waals surface area contributed by atoms with Gasteiger partial charge in [0, 0.05) is 17.8 Å². The SMILES string of the molecule is COc1cc(NC(=O)c2cc3cc(C)cc(C)c3[nH]c2=O)cc(OC)c1OC. The molecule has 0 radical (unpaired) electrons. The van der Waals surface area contributed by atoms with Crippen LogP contribution in [0.1, 0.15) is 21.5 Å². The topological polar surface area (TPSA) is 89.7 Å². The molecule has 0 spiro atoms. The summed E-state index contributed by atoms with van der Waals surface area (Å²) in [6.45, 7) is 3.88. The molecule has 1 amide bonds. The average molecular weight is 382 g/mol. The van der Waals surface area contributed by atoms with Crippen molar-refractivity contribution < 1.29 is 19.0 Å². The molecule has 146 valence electrons. The molecule has 3 aromatic rings. The van der Waals surface area contributed by atoms with Crippen molar-refractivity contribution in [3.05, 3.63) is 57.4 Å². The highest BCUT2D eigenvalue weighted by Gasteiger charge is 2.17. The molecule has 2 N–H and O–H groups in total. The fourth-order valence-electron chi connectivity index (χ4n) is 3.21. The molecule has 1 heterocycles. The summed E-state index contributed by atoms with van der Waals surface area (Å²) in [5.74, 6) is 0.681. The fourth-order valence-corrected chi connectivity index (χ4v) is 3.21. The van der Waals surface area contributed by atoms with Crippen LogP contribution in [-0.4, -0.2) is 32.2 Å². The number of amides is 1. The number of hydrogen-bond acceptors (Lipinski definition) is 5. The maximum absolute atomic E-state index is 12.8. The Morgan fingerprint density at radius 1 is 0.929 bits per heavy atom. The first-order chi connectivity index (χ1) is 13.4. The van der Waals surface area contributed by atoms with Crippen LogP contribution in [0.2, 0.25) is 0 Å². The zero-order chi connectivity index (χ0) is 20.4. The quantitative estimate of drug-likeness (QED) is 0.706. The Hall–Kier alpha value is -3.48. The number of carbonyl (C=O) groups is 1. The van der Waals surface area contributed by atoms with Gasteiger partial charge in [-0.2, -0.15) is 0 Å². The maximum atomic E-state index is 12.8. The lowest BCUT2D eigenvalue weighted by molar-refractivity contribution is 0.102. The molecule has 7 nitrogen and oxygen atoms in total. The molecule has 0 unspecified atom stereocenters. The van der Waals surface area contributed by atoms with Crippen molar-refractivity contribution in [2.45, 2.75) is 13.8 Å². The second-order valence-electron chi connectivity index (χ2n) is 6.43. The van der Waals surface area contributed by atoms with Crippen LogP contribution in [0.5, 0.6) is 17.2 Å². The van der Waals surface area contributed by atoms with E-state index in [0.29, 0.717) is 22.9 Å². The highest BCUT2D eigenvalue weighted by Crippen LogP contribution is 2.40. The predicted octanol–water partition coefficient (Wildman–Crippen LogP) is 3.42. The summed E-state index contributed by atoms with van der Waals surface area (Å²) in [4.78, 5) is 28.0. The van der Waals surface area contributed by atoms with Gasteiger partial charge >= 0.3 is 0 Å². The minimum Gasteiger partial charge on any atom is -0.493 e. The smallest absolute Gasteiger partial charge is 0.261 e.